The lowest BCUT2D eigenvalue weighted by molar-refractivity contribution is 0.102. The van der Waals surface area contributed by atoms with Crippen molar-refractivity contribution < 1.29 is 9.18 Å². The summed E-state index contributed by atoms with van der Waals surface area (Å²) in [6.07, 6.45) is 1.85. The lowest BCUT2D eigenvalue weighted by Crippen LogP contribution is -2.21. The Morgan fingerprint density at radius 1 is 1.06 bits per heavy atom. The Morgan fingerprint density at radius 3 is 2.55 bits per heavy atom. The second kappa shape index (κ2) is 8.52. The van der Waals surface area contributed by atoms with Crippen LogP contribution in [0, 0.1) is 12.7 Å². The lowest BCUT2D eigenvalue weighted by Gasteiger charge is -2.25. The number of hydrogen-bond donors (Lipinski definition) is 2. The molecule has 1 aliphatic heterocycles. The van der Waals surface area contributed by atoms with Gasteiger partial charge in [-0.3, -0.25) is 10.1 Å². The number of nitrogens with zero attached hydrogens (tertiary/aromatic N) is 3. The predicted octanol–water partition coefficient (Wildman–Crippen LogP) is 5.69. The van der Waals surface area contributed by atoms with Crippen molar-refractivity contribution in [1.29, 1.82) is 0 Å². The Labute approximate surface area is 194 Å². The van der Waals surface area contributed by atoms with E-state index < -0.39 is 11.9 Å². The van der Waals surface area contributed by atoms with Crippen molar-refractivity contribution in [2.45, 2.75) is 13.0 Å². The number of carbonyl (C=O) groups is 1. The molecular formula is C25H19ClFN5O. The molecule has 0 bridgehead atoms. The number of amides is 1. The van der Waals surface area contributed by atoms with E-state index >= 15 is 0 Å². The molecule has 0 radical (unpaired) electrons. The van der Waals surface area contributed by atoms with E-state index in [0.29, 0.717) is 11.5 Å². The standard InChI is InChI=1S/C25H19ClFN5O/c1-15-10-12-16(13-11-15)20-14-21(22-18(26)8-5-9-19(22)27)32-25(28-20)30-24(31-32)29-23(33)17-6-3-2-4-7-17/h2-14,21H,1H3,(H2,28,29,30,31,33)/t21-/m0/s1. The minimum absolute atomic E-state index is 0.0994. The van der Waals surface area contributed by atoms with Crippen molar-refractivity contribution in [2.24, 2.45) is 0 Å². The molecule has 1 atom stereocenters. The molecular weight excluding hydrogens is 441 g/mol. The van der Waals surface area contributed by atoms with E-state index in [0.717, 1.165) is 16.8 Å². The Balaban J connectivity index is 1.56. The molecule has 0 saturated carbocycles. The highest BCUT2D eigenvalue weighted by atomic mass is 35.5. The first kappa shape index (κ1) is 20.9. The first-order valence-corrected chi connectivity index (χ1v) is 10.7. The van der Waals surface area contributed by atoms with Crippen LogP contribution in [0.4, 0.5) is 16.3 Å². The topological polar surface area (TPSA) is 71.8 Å². The van der Waals surface area contributed by atoms with Crippen LogP contribution in [0.5, 0.6) is 0 Å². The van der Waals surface area contributed by atoms with E-state index in [4.69, 9.17) is 11.6 Å². The fourth-order valence-corrected chi connectivity index (χ4v) is 3.98. The largest absolute Gasteiger partial charge is 0.324 e. The van der Waals surface area contributed by atoms with E-state index in [2.05, 4.69) is 20.7 Å². The van der Waals surface area contributed by atoms with Crippen LogP contribution >= 0.6 is 11.6 Å². The molecule has 1 aliphatic rings. The number of nitrogens with one attached hydrogen (secondary N) is 2. The minimum atomic E-state index is -0.666. The molecule has 4 aromatic rings. The van der Waals surface area contributed by atoms with Gasteiger partial charge in [0, 0.05) is 21.8 Å². The summed E-state index contributed by atoms with van der Waals surface area (Å²) < 4.78 is 16.4. The normalized spacial score (nSPS) is 14.8. The molecule has 164 valence electrons. The number of halogens is 2. The Bertz CT molecular complexity index is 1350. The van der Waals surface area contributed by atoms with Crippen LogP contribution in [0.25, 0.3) is 5.70 Å². The third kappa shape index (κ3) is 4.10. The number of benzene rings is 3. The van der Waals surface area contributed by atoms with Crippen molar-refractivity contribution in [1.82, 2.24) is 14.8 Å². The molecule has 8 heteroatoms. The van der Waals surface area contributed by atoms with Gasteiger partial charge in [-0.25, -0.2) is 9.07 Å². The summed E-state index contributed by atoms with van der Waals surface area (Å²) in [7, 11) is 0. The number of aromatic nitrogens is 3. The molecule has 2 heterocycles. The smallest absolute Gasteiger partial charge is 0.258 e. The molecule has 0 unspecified atom stereocenters. The SMILES string of the molecule is Cc1ccc(C2=C[C@@H](c3c(F)cccc3Cl)n3nc(NC(=O)c4ccccc4)nc3N2)cc1. The highest BCUT2D eigenvalue weighted by Gasteiger charge is 2.29. The van der Waals surface area contributed by atoms with Gasteiger partial charge in [0.05, 0.1) is 0 Å². The van der Waals surface area contributed by atoms with Crippen LogP contribution in [0.3, 0.4) is 0 Å². The summed E-state index contributed by atoms with van der Waals surface area (Å²) in [4.78, 5) is 17.0. The zero-order chi connectivity index (χ0) is 22.9. The average Bonchev–Trinajstić information content (AvgIpc) is 3.22. The molecule has 2 N–H and O–H groups in total. The summed E-state index contributed by atoms with van der Waals surface area (Å²) >= 11 is 6.39. The Hall–Kier alpha value is -3.97. The molecule has 1 aromatic heterocycles. The van der Waals surface area contributed by atoms with Crippen LogP contribution in [0.15, 0.2) is 78.9 Å². The average molecular weight is 460 g/mol. The summed E-state index contributed by atoms with van der Waals surface area (Å²) in [5, 5.41) is 10.7. The van der Waals surface area contributed by atoms with Gasteiger partial charge in [-0.05, 0) is 42.8 Å². The predicted molar refractivity (Wildman–Crippen MR) is 127 cm³/mol. The van der Waals surface area contributed by atoms with Crippen molar-refractivity contribution in [3.8, 4) is 0 Å². The highest BCUT2D eigenvalue weighted by Crippen LogP contribution is 2.37. The molecule has 3 aromatic carbocycles. The third-order valence-electron chi connectivity index (χ3n) is 5.39. The van der Waals surface area contributed by atoms with Gasteiger partial charge in [-0.15, -0.1) is 5.10 Å². The summed E-state index contributed by atoms with van der Waals surface area (Å²) in [6.45, 7) is 2.01. The Morgan fingerprint density at radius 2 is 1.82 bits per heavy atom. The van der Waals surface area contributed by atoms with Crippen LogP contribution in [-0.2, 0) is 0 Å². The van der Waals surface area contributed by atoms with Crippen molar-refractivity contribution in [3.63, 3.8) is 0 Å². The molecule has 33 heavy (non-hydrogen) atoms. The maximum Gasteiger partial charge on any atom is 0.258 e. The fraction of sp³-hybridized carbons (Fsp3) is 0.0800. The minimum Gasteiger partial charge on any atom is -0.324 e. The van der Waals surface area contributed by atoms with Crippen molar-refractivity contribution >= 4 is 35.1 Å². The maximum atomic E-state index is 14.9. The van der Waals surface area contributed by atoms with E-state index in [-0.39, 0.29) is 22.4 Å². The van der Waals surface area contributed by atoms with Gasteiger partial charge in [-0.2, -0.15) is 4.98 Å². The number of carbonyl (C=O) groups excluding carboxylic acids is 1. The van der Waals surface area contributed by atoms with Gasteiger partial charge in [0.25, 0.3) is 11.9 Å². The molecule has 5 rings (SSSR count). The number of anilines is 2. The molecule has 0 spiro atoms. The maximum absolute atomic E-state index is 14.9. The van der Waals surface area contributed by atoms with Gasteiger partial charge < -0.3 is 5.32 Å². The number of fused-ring (bicyclic) bond motifs is 1. The van der Waals surface area contributed by atoms with Crippen LogP contribution < -0.4 is 10.6 Å². The van der Waals surface area contributed by atoms with Gasteiger partial charge in [0.15, 0.2) is 0 Å². The number of allylic oxidation sites excluding steroid dienone is 1. The lowest BCUT2D eigenvalue weighted by atomic mass is 10.0. The van der Waals surface area contributed by atoms with Crippen LogP contribution in [-0.4, -0.2) is 20.7 Å². The molecule has 0 fully saturated rings. The van der Waals surface area contributed by atoms with Crippen molar-refractivity contribution in [2.75, 3.05) is 10.6 Å². The monoisotopic (exact) mass is 459 g/mol. The first-order chi connectivity index (χ1) is 16.0. The van der Waals surface area contributed by atoms with Gasteiger partial charge in [-0.1, -0.05) is 65.7 Å². The number of rotatable bonds is 4. The van der Waals surface area contributed by atoms with Crippen LogP contribution in [0.2, 0.25) is 5.02 Å². The van der Waals surface area contributed by atoms with Gasteiger partial charge in [0.1, 0.15) is 11.9 Å². The molecule has 0 aliphatic carbocycles. The zero-order valence-electron chi connectivity index (χ0n) is 17.6. The molecule has 1 amide bonds. The molecule has 6 nitrogen and oxygen atoms in total. The van der Waals surface area contributed by atoms with Gasteiger partial charge >= 0.3 is 0 Å². The third-order valence-corrected chi connectivity index (χ3v) is 5.71. The quantitative estimate of drug-likeness (QED) is 0.411. The van der Waals surface area contributed by atoms with Gasteiger partial charge in [0.2, 0.25) is 5.95 Å². The first-order valence-electron chi connectivity index (χ1n) is 10.3. The van der Waals surface area contributed by atoms with Crippen molar-refractivity contribution in [3.05, 3.63) is 112 Å². The number of hydrogen-bond acceptors (Lipinski definition) is 4. The van der Waals surface area contributed by atoms with E-state index in [9.17, 15) is 9.18 Å². The second-order valence-electron chi connectivity index (χ2n) is 7.68. The molecule has 0 saturated heterocycles. The fourth-order valence-electron chi connectivity index (χ4n) is 3.71. The van der Waals surface area contributed by atoms with E-state index in [1.165, 1.54) is 10.7 Å². The second-order valence-corrected chi connectivity index (χ2v) is 8.08. The zero-order valence-corrected chi connectivity index (χ0v) is 18.3. The summed E-state index contributed by atoms with van der Waals surface area (Å²) in [5.74, 6) is -0.334. The summed E-state index contributed by atoms with van der Waals surface area (Å²) in [5.41, 5.74) is 3.52. The highest BCUT2D eigenvalue weighted by molar-refractivity contribution is 6.31. The Kier molecular flexibility index (Phi) is 5.40. The van der Waals surface area contributed by atoms with Crippen LogP contribution in [0.1, 0.15) is 33.1 Å². The summed E-state index contributed by atoms with van der Waals surface area (Å²) in [6, 6.07) is 20.6. The van der Waals surface area contributed by atoms with E-state index in [1.807, 2.05) is 43.3 Å². The number of aryl methyl sites for hydroxylation is 1. The van der Waals surface area contributed by atoms with E-state index in [1.54, 1.807) is 36.4 Å².